The molecule has 0 atom stereocenters. The number of amides is 1. The lowest BCUT2D eigenvalue weighted by Crippen LogP contribution is -2.34. The number of hydrogen-bond donors (Lipinski definition) is 2. The topological polar surface area (TPSA) is 44.4 Å². The average Bonchev–Trinajstić information content (AvgIpc) is 2.53. The van der Waals surface area contributed by atoms with Crippen molar-refractivity contribution in [3.8, 4) is 0 Å². The molecule has 1 fully saturated rings. The Labute approximate surface area is 127 Å². The van der Waals surface area contributed by atoms with E-state index in [1.54, 1.807) is 7.05 Å². The molecule has 1 aromatic carbocycles. The number of nitrogens with one attached hydrogen (secondary N) is 2. The van der Waals surface area contributed by atoms with Gasteiger partial charge >= 0.3 is 0 Å². The highest BCUT2D eigenvalue weighted by molar-refractivity contribution is 5.94. The summed E-state index contributed by atoms with van der Waals surface area (Å²) in [4.78, 5) is 14.2. The van der Waals surface area contributed by atoms with Gasteiger partial charge in [-0.15, -0.1) is 0 Å². The minimum absolute atomic E-state index is 0.0115. The summed E-state index contributed by atoms with van der Waals surface area (Å²) in [6.07, 6.45) is 3.87. The minimum atomic E-state index is -0.0115. The van der Waals surface area contributed by atoms with Crippen LogP contribution >= 0.6 is 0 Å². The Hall–Kier alpha value is -1.39. The van der Waals surface area contributed by atoms with Crippen molar-refractivity contribution in [3.05, 3.63) is 35.4 Å². The smallest absolute Gasteiger partial charge is 0.251 e. The molecule has 1 aliphatic heterocycles. The van der Waals surface area contributed by atoms with Crippen molar-refractivity contribution in [2.75, 3.05) is 33.7 Å². The second-order valence-corrected chi connectivity index (χ2v) is 5.89. The van der Waals surface area contributed by atoms with Gasteiger partial charge in [-0.1, -0.05) is 12.1 Å². The van der Waals surface area contributed by atoms with Crippen LogP contribution in [0, 0.1) is 5.92 Å². The van der Waals surface area contributed by atoms with Crippen molar-refractivity contribution in [1.29, 1.82) is 0 Å². The molecule has 0 saturated carbocycles. The number of rotatable bonds is 6. The third kappa shape index (κ3) is 4.83. The summed E-state index contributed by atoms with van der Waals surface area (Å²) in [7, 11) is 3.69. The molecular formula is C17H27N3O. The van der Waals surface area contributed by atoms with Crippen molar-refractivity contribution < 1.29 is 4.79 Å². The lowest BCUT2D eigenvalue weighted by Gasteiger charge is -2.32. The molecule has 1 heterocycles. The first-order valence-corrected chi connectivity index (χ1v) is 7.91. The fourth-order valence-corrected chi connectivity index (χ4v) is 3.00. The summed E-state index contributed by atoms with van der Waals surface area (Å²) >= 11 is 0. The van der Waals surface area contributed by atoms with Crippen LogP contribution in [-0.2, 0) is 6.54 Å². The summed E-state index contributed by atoms with van der Waals surface area (Å²) < 4.78 is 0. The Kier molecular flexibility index (Phi) is 6.21. The zero-order chi connectivity index (χ0) is 15.1. The highest BCUT2D eigenvalue weighted by atomic mass is 16.1. The summed E-state index contributed by atoms with van der Waals surface area (Å²) in [6, 6.07) is 7.96. The summed E-state index contributed by atoms with van der Waals surface area (Å²) in [5.74, 6) is 0.855. The van der Waals surface area contributed by atoms with Crippen molar-refractivity contribution in [2.45, 2.75) is 25.8 Å². The molecular weight excluding hydrogens is 262 g/mol. The second-order valence-electron chi connectivity index (χ2n) is 5.89. The summed E-state index contributed by atoms with van der Waals surface area (Å²) in [5.41, 5.74) is 1.98. The van der Waals surface area contributed by atoms with Gasteiger partial charge in [0.25, 0.3) is 5.91 Å². The molecule has 4 heteroatoms. The monoisotopic (exact) mass is 289 g/mol. The number of nitrogens with zero attached hydrogens (tertiary/aromatic N) is 1. The zero-order valence-corrected chi connectivity index (χ0v) is 13.2. The predicted molar refractivity (Wildman–Crippen MR) is 86.4 cm³/mol. The molecule has 0 aliphatic carbocycles. The first-order chi connectivity index (χ1) is 10.2. The highest BCUT2D eigenvalue weighted by Gasteiger charge is 2.18. The fourth-order valence-electron chi connectivity index (χ4n) is 3.00. The van der Waals surface area contributed by atoms with Gasteiger partial charge in [0.1, 0.15) is 0 Å². The first-order valence-electron chi connectivity index (χ1n) is 7.91. The van der Waals surface area contributed by atoms with E-state index in [0.717, 1.165) is 24.6 Å². The summed E-state index contributed by atoms with van der Waals surface area (Å²) in [5, 5.41) is 5.92. The molecule has 1 amide bonds. The van der Waals surface area contributed by atoms with Gasteiger partial charge in [-0.25, -0.2) is 0 Å². The Morgan fingerprint density at radius 3 is 2.71 bits per heavy atom. The number of likely N-dealkylation sites (tertiary alicyclic amines) is 1. The van der Waals surface area contributed by atoms with Gasteiger partial charge < -0.3 is 10.6 Å². The molecule has 116 valence electrons. The fraction of sp³-hybridized carbons (Fsp3) is 0.588. The van der Waals surface area contributed by atoms with E-state index >= 15 is 0 Å². The SMILES string of the molecule is CNCCC1CCN(Cc2cccc(C(=O)NC)c2)CC1. The Morgan fingerprint density at radius 2 is 2.05 bits per heavy atom. The quantitative estimate of drug-likeness (QED) is 0.840. The van der Waals surface area contributed by atoms with Crippen LogP contribution in [0.2, 0.25) is 0 Å². The predicted octanol–water partition coefficient (Wildman–Crippen LogP) is 1.87. The van der Waals surface area contributed by atoms with Crippen LogP contribution in [-0.4, -0.2) is 44.5 Å². The molecule has 0 spiro atoms. The van der Waals surface area contributed by atoms with Crippen LogP contribution in [0.5, 0.6) is 0 Å². The van der Waals surface area contributed by atoms with Crippen molar-refractivity contribution in [3.63, 3.8) is 0 Å². The molecule has 2 rings (SSSR count). The first kappa shape index (κ1) is 16.0. The Balaban J connectivity index is 1.84. The molecule has 0 bridgehead atoms. The lowest BCUT2D eigenvalue weighted by atomic mass is 9.93. The molecule has 1 aromatic rings. The number of benzene rings is 1. The van der Waals surface area contributed by atoms with Gasteiger partial charge in [0.15, 0.2) is 0 Å². The number of carbonyl (C=O) groups is 1. The van der Waals surface area contributed by atoms with E-state index in [2.05, 4.69) is 21.6 Å². The van der Waals surface area contributed by atoms with E-state index in [9.17, 15) is 4.79 Å². The van der Waals surface area contributed by atoms with Gasteiger partial charge in [0.05, 0.1) is 0 Å². The van der Waals surface area contributed by atoms with Crippen LogP contribution in [0.15, 0.2) is 24.3 Å². The molecule has 0 unspecified atom stereocenters. The van der Waals surface area contributed by atoms with Gasteiger partial charge in [-0.2, -0.15) is 0 Å². The maximum Gasteiger partial charge on any atom is 0.251 e. The largest absolute Gasteiger partial charge is 0.355 e. The van der Waals surface area contributed by atoms with E-state index < -0.39 is 0 Å². The third-order valence-corrected chi connectivity index (χ3v) is 4.33. The maximum absolute atomic E-state index is 11.7. The minimum Gasteiger partial charge on any atom is -0.355 e. The Morgan fingerprint density at radius 1 is 1.29 bits per heavy atom. The molecule has 2 N–H and O–H groups in total. The normalized spacial score (nSPS) is 16.9. The second kappa shape index (κ2) is 8.15. The van der Waals surface area contributed by atoms with E-state index in [4.69, 9.17) is 0 Å². The third-order valence-electron chi connectivity index (χ3n) is 4.33. The molecule has 21 heavy (non-hydrogen) atoms. The molecule has 1 aliphatic rings. The van der Waals surface area contributed by atoms with Crippen LogP contribution in [0.4, 0.5) is 0 Å². The van der Waals surface area contributed by atoms with E-state index in [-0.39, 0.29) is 5.91 Å². The van der Waals surface area contributed by atoms with E-state index in [1.807, 2.05) is 25.2 Å². The molecule has 1 saturated heterocycles. The lowest BCUT2D eigenvalue weighted by molar-refractivity contribution is 0.0963. The van der Waals surface area contributed by atoms with Crippen molar-refractivity contribution >= 4 is 5.91 Å². The molecule has 0 aromatic heterocycles. The van der Waals surface area contributed by atoms with Crippen LogP contribution in [0.25, 0.3) is 0 Å². The average molecular weight is 289 g/mol. The standard InChI is InChI=1S/C17H27N3O/c1-18-9-6-14-7-10-20(11-8-14)13-15-4-3-5-16(12-15)17(21)19-2/h3-5,12,14,18H,6-11,13H2,1-2H3,(H,19,21). The van der Waals surface area contributed by atoms with Crippen LogP contribution < -0.4 is 10.6 Å². The van der Waals surface area contributed by atoms with Gasteiger partial charge in [0.2, 0.25) is 0 Å². The van der Waals surface area contributed by atoms with Crippen molar-refractivity contribution in [1.82, 2.24) is 15.5 Å². The molecule has 4 nitrogen and oxygen atoms in total. The Bertz CT molecular complexity index is 453. The van der Waals surface area contributed by atoms with E-state index in [1.165, 1.54) is 37.9 Å². The van der Waals surface area contributed by atoms with Gasteiger partial charge in [-0.3, -0.25) is 9.69 Å². The molecule has 0 radical (unpaired) electrons. The maximum atomic E-state index is 11.7. The highest BCUT2D eigenvalue weighted by Crippen LogP contribution is 2.21. The summed E-state index contributed by atoms with van der Waals surface area (Å²) in [6.45, 7) is 4.40. The van der Waals surface area contributed by atoms with Gasteiger partial charge in [-0.05, 0) is 69.6 Å². The van der Waals surface area contributed by atoms with Crippen LogP contribution in [0.3, 0.4) is 0 Å². The number of piperidine rings is 1. The number of carbonyl (C=O) groups excluding carboxylic acids is 1. The van der Waals surface area contributed by atoms with Crippen molar-refractivity contribution in [2.24, 2.45) is 5.92 Å². The van der Waals surface area contributed by atoms with Crippen LogP contribution in [0.1, 0.15) is 35.2 Å². The van der Waals surface area contributed by atoms with Gasteiger partial charge in [0, 0.05) is 19.2 Å². The zero-order valence-electron chi connectivity index (χ0n) is 13.2. The van der Waals surface area contributed by atoms with E-state index in [0.29, 0.717) is 0 Å². The number of hydrogen-bond acceptors (Lipinski definition) is 3.